The van der Waals surface area contributed by atoms with Gasteiger partial charge in [0.15, 0.2) is 0 Å². The summed E-state index contributed by atoms with van der Waals surface area (Å²) < 4.78 is 5.61. The van der Waals surface area contributed by atoms with Crippen LogP contribution in [-0.4, -0.2) is 15.8 Å². The van der Waals surface area contributed by atoms with Crippen molar-refractivity contribution < 1.29 is 14.1 Å². The van der Waals surface area contributed by atoms with Crippen molar-refractivity contribution in [3.63, 3.8) is 0 Å². The van der Waals surface area contributed by atoms with Crippen LogP contribution in [0.25, 0.3) is 11.5 Å². The SMILES string of the molecule is Cc1cc(C(=O)Nc2cccc(-c3nc(C)c(C)o3)c2)ccc1[N+](=O)[O-]. The number of benzene rings is 2. The van der Waals surface area contributed by atoms with Crippen molar-refractivity contribution in [2.45, 2.75) is 20.8 Å². The van der Waals surface area contributed by atoms with Crippen LogP contribution in [0.3, 0.4) is 0 Å². The maximum atomic E-state index is 12.4. The van der Waals surface area contributed by atoms with E-state index < -0.39 is 4.92 Å². The number of carbonyl (C=O) groups is 1. The number of hydrogen-bond donors (Lipinski definition) is 1. The third kappa shape index (κ3) is 3.46. The average molecular weight is 351 g/mol. The number of oxazole rings is 1. The summed E-state index contributed by atoms with van der Waals surface area (Å²) in [6.45, 7) is 5.31. The Morgan fingerprint density at radius 3 is 2.54 bits per heavy atom. The lowest BCUT2D eigenvalue weighted by Crippen LogP contribution is -2.12. The Morgan fingerprint density at radius 1 is 1.15 bits per heavy atom. The second-order valence-electron chi connectivity index (χ2n) is 5.95. The summed E-state index contributed by atoms with van der Waals surface area (Å²) in [7, 11) is 0. The van der Waals surface area contributed by atoms with Gasteiger partial charge in [-0.25, -0.2) is 4.98 Å². The van der Waals surface area contributed by atoms with Crippen LogP contribution in [0.15, 0.2) is 46.9 Å². The molecule has 2 aromatic carbocycles. The van der Waals surface area contributed by atoms with Crippen LogP contribution in [0.1, 0.15) is 27.4 Å². The quantitative estimate of drug-likeness (QED) is 0.554. The Bertz CT molecular complexity index is 988. The van der Waals surface area contributed by atoms with Gasteiger partial charge in [0, 0.05) is 28.4 Å². The van der Waals surface area contributed by atoms with Crippen molar-refractivity contribution in [2.75, 3.05) is 5.32 Å². The molecule has 0 aliphatic rings. The van der Waals surface area contributed by atoms with E-state index in [2.05, 4.69) is 10.3 Å². The molecule has 0 aliphatic carbocycles. The Balaban J connectivity index is 1.83. The van der Waals surface area contributed by atoms with Crippen molar-refractivity contribution in [1.29, 1.82) is 0 Å². The van der Waals surface area contributed by atoms with Gasteiger partial charge in [-0.05, 0) is 51.1 Å². The van der Waals surface area contributed by atoms with Crippen LogP contribution < -0.4 is 5.32 Å². The average Bonchev–Trinajstić information content (AvgIpc) is 2.94. The van der Waals surface area contributed by atoms with E-state index in [-0.39, 0.29) is 11.6 Å². The fourth-order valence-electron chi connectivity index (χ4n) is 2.53. The summed E-state index contributed by atoms with van der Waals surface area (Å²) in [6.07, 6.45) is 0. The van der Waals surface area contributed by atoms with Crippen LogP contribution >= 0.6 is 0 Å². The molecule has 0 fully saturated rings. The van der Waals surface area contributed by atoms with Crippen molar-refractivity contribution in [1.82, 2.24) is 4.98 Å². The lowest BCUT2D eigenvalue weighted by Gasteiger charge is -2.07. The molecule has 3 rings (SSSR count). The summed E-state index contributed by atoms with van der Waals surface area (Å²) in [5, 5.41) is 13.7. The van der Waals surface area contributed by atoms with Crippen LogP contribution in [0, 0.1) is 30.9 Å². The first-order valence-electron chi connectivity index (χ1n) is 7.96. The number of anilines is 1. The Hall–Kier alpha value is -3.48. The number of amides is 1. The smallest absolute Gasteiger partial charge is 0.272 e. The number of nitro benzene ring substituents is 1. The van der Waals surface area contributed by atoms with Gasteiger partial charge < -0.3 is 9.73 Å². The molecule has 7 heteroatoms. The molecule has 0 atom stereocenters. The van der Waals surface area contributed by atoms with Crippen LogP contribution in [0.2, 0.25) is 0 Å². The molecule has 0 spiro atoms. The van der Waals surface area contributed by atoms with E-state index in [9.17, 15) is 14.9 Å². The van der Waals surface area contributed by atoms with Crippen molar-refractivity contribution in [3.8, 4) is 11.5 Å². The zero-order valence-electron chi connectivity index (χ0n) is 14.6. The summed E-state index contributed by atoms with van der Waals surface area (Å²) >= 11 is 0. The van der Waals surface area contributed by atoms with Gasteiger partial charge in [-0.1, -0.05) is 6.07 Å². The molecule has 7 nitrogen and oxygen atoms in total. The predicted octanol–water partition coefficient (Wildman–Crippen LogP) is 4.43. The van der Waals surface area contributed by atoms with Gasteiger partial charge in [0.25, 0.3) is 11.6 Å². The molecule has 0 unspecified atom stereocenters. The Labute approximate surface area is 149 Å². The van der Waals surface area contributed by atoms with Gasteiger partial charge in [0.1, 0.15) is 5.76 Å². The first-order valence-corrected chi connectivity index (χ1v) is 7.96. The van der Waals surface area contributed by atoms with Gasteiger partial charge >= 0.3 is 0 Å². The van der Waals surface area contributed by atoms with E-state index in [4.69, 9.17) is 4.42 Å². The third-order valence-electron chi connectivity index (χ3n) is 4.05. The van der Waals surface area contributed by atoms with Gasteiger partial charge in [-0.2, -0.15) is 0 Å². The van der Waals surface area contributed by atoms with Gasteiger partial charge in [-0.3, -0.25) is 14.9 Å². The highest BCUT2D eigenvalue weighted by Crippen LogP contribution is 2.25. The highest BCUT2D eigenvalue weighted by molar-refractivity contribution is 6.04. The second kappa shape index (κ2) is 6.79. The topological polar surface area (TPSA) is 98.3 Å². The summed E-state index contributed by atoms with van der Waals surface area (Å²) in [6, 6.07) is 11.4. The molecule has 132 valence electrons. The van der Waals surface area contributed by atoms with Crippen molar-refractivity contribution >= 4 is 17.3 Å². The molecule has 0 aliphatic heterocycles. The molecule has 26 heavy (non-hydrogen) atoms. The van der Waals surface area contributed by atoms with Crippen LogP contribution in [-0.2, 0) is 0 Å². The molecule has 0 radical (unpaired) electrons. The molecule has 3 aromatic rings. The molecule has 0 bridgehead atoms. The first-order chi connectivity index (χ1) is 12.3. The van der Waals surface area contributed by atoms with Crippen LogP contribution in [0.4, 0.5) is 11.4 Å². The maximum absolute atomic E-state index is 12.4. The molecule has 1 aromatic heterocycles. The lowest BCUT2D eigenvalue weighted by molar-refractivity contribution is -0.385. The molecular weight excluding hydrogens is 334 g/mol. The lowest BCUT2D eigenvalue weighted by atomic mass is 10.1. The molecule has 0 saturated carbocycles. The van der Waals surface area contributed by atoms with Gasteiger partial charge in [-0.15, -0.1) is 0 Å². The minimum absolute atomic E-state index is 0.0156. The minimum Gasteiger partial charge on any atom is -0.441 e. The van der Waals surface area contributed by atoms with Crippen LogP contribution in [0.5, 0.6) is 0 Å². The van der Waals surface area contributed by atoms with Crippen molar-refractivity contribution in [2.24, 2.45) is 0 Å². The standard InChI is InChI=1S/C19H17N3O4/c1-11-9-14(7-8-17(11)22(24)25)18(23)21-16-6-4-5-15(10-16)19-20-12(2)13(3)26-19/h4-10H,1-3H3,(H,21,23). The largest absolute Gasteiger partial charge is 0.441 e. The minimum atomic E-state index is -0.471. The van der Waals surface area contributed by atoms with E-state index in [0.29, 0.717) is 22.7 Å². The number of nitrogens with zero attached hydrogens (tertiary/aromatic N) is 2. The monoisotopic (exact) mass is 351 g/mol. The number of nitro groups is 1. The van der Waals surface area contributed by atoms with E-state index in [1.807, 2.05) is 19.9 Å². The van der Waals surface area contributed by atoms with E-state index in [1.54, 1.807) is 25.1 Å². The van der Waals surface area contributed by atoms with E-state index in [1.165, 1.54) is 18.2 Å². The Morgan fingerprint density at radius 2 is 1.92 bits per heavy atom. The number of nitrogens with one attached hydrogen (secondary N) is 1. The van der Waals surface area contributed by atoms with E-state index >= 15 is 0 Å². The second-order valence-corrected chi connectivity index (χ2v) is 5.95. The molecule has 1 heterocycles. The zero-order chi connectivity index (χ0) is 18.8. The first kappa shape index (κ1) is 17.3. The number of hydrogen-bond acceptors (Lipinski definition) is 5. The zero-order valence-corrected chi connectivity index (χ0v) is 14.6. The number of aromatic nitrogens is 1. The fourth-order valence-corrected chi connectivity index (χ4v) is 2.53. The highest BCUT2D eigenvalue weighted by atomic mass is 16.6. The molecular formula is C19H17N3O4. The Kier molecular flexibility index (Phi) is 4.53. The number of carbonyl (C=O) groups excluding carboxylic acids is 1. The summed E-state index contributed by atoms with van der Waals surface area (Å²) in [4.78, 5) is 27.2. The number of rotatable bonds is 4. The van der Waals surface area contributed by atoms with Gasteiger partial charge in [0.2, 0.25) is 5.89 Å². The van der Waals surface area contributed by atoms with E-state index in [0.717, 1.165) is 17.0 Å². The van der Waals surface area contributed by atoms with Gasteiger partial charge in [0.05, 0.1) is 10.6 Å². The molecule has 1 amide bonds. The van der Waals surface area contributed by atoms with Crippen molar-refractivity contribution in [3.05, 3.63) is 75.2 Å². The summed E-state index contributed by atoms with van der Waals surface area (Å²) in [5.74, 6) is 0.887. The summed E-state index contributed by atoms with van der Waals surface area (Å²) in [5.41, 5.74) is 2.91. The highest BCUT2D eigenvalue weighted by Gasteiger charge is 2.15. The maximum Gasteiger partial charge on any atom is 0.272 e. The predicted molar refractivity (Wildman–Crippen MR) is 97.2 cm³/mol. The fraction of sp³-hybridized carbons (Fsp3) is 0.158. The third-order valence-corrected chi connectivity index (χ3v) is 4.05. The molecule has 1 N–H and O–H groups in total. The number of aryl methyl sites for hydroxylation is 3. The molecule has 0 saturated heterocycles. The normalized spacial score (nSPS) is 10.6.